The van der Waals surface area contributed by atoms with Crippen LogP contribution in [0, 0.1) is 0 Å². The standard InChI is InChI=1S/C30H31N3O3S/c1-2-3-5-10-22-15-17-25(18-16-22)37(34,35)31-20-19-26-29(23-11-6-4-7-12-23)32-33-30(26)28-21-24-13-8-9-14-27(24)36-28/h4,6-9,11-18,21,31H,2-3,5,10,19-20H2,1H3,(H,32,33). The molecule has 7 heteroatoms. The highest BCUT2D eigenvalue weighted by Crippen LogP contribution is 2.33. The van der Waals surface area contributed by atoms with Gasteiger partial charge in [-0.1, -0.05) is 80.4 Å². The number of para-hydroxylation sites is 1. The number of unbranched alkanes of at least 4 members (excludes halogenated alkanes) is 2. The average Bonchev–Trinajstić information content (AvgIpc) is 3.54. The summed E-state index contributed by atoms with van der Waals surface area (Å²) < 4.78 is 34.9. The van der Waals surface area contributed by atoms with Crippen molar-refractivity contribution in [3.63, 3.8) is 0 Å². The van der Waals surface area contributed by atoms with Crippen molar-refractivity contribution in [2.75, 3.05) is 6.54 Å². The average molecular weight is 514 g/mol. The van der Waals surface area contributed by atoms with Crippen molar-refractivity contribution in [3.05, 3.63) is 96.1 Å². The third kappa shape index (κ3) is 5.68. The zero-order valence-electron chi connectivity index (χ0n) is 20.9. The van der Waals surface area contributed by atoms with Gasteiger partial charge in [-0.2, -0.15) is 5.10 Å². The van der Waals surface area contributed by atoms with Gasteiger partial charge in [-0.05, 0) is 49.1 Å². The number of H-pyrrole nitrogens is 1. The molecule has 2 heterocycles. The number of aromatic amines is 1. The Morgan fingerprint density at radius 3 is 2.41 bits per heavy atom. The molecular weight excluding hydrogens is 482 g/mol. The Labute approximate surface area is 217 Å². The predicted octanol–water partition coefficient (Wildman–Crippen LogP) is 6.74. The molecule has 0 aliphatic rings. The molecule has 2 N–H and O–H groups in total. The fourth-order valence-corrected chi connectivity index (χ4v) is 5.59. The first-order chi connectivity index (χ1) is 18.0. The van der Waals surface area contributed by atoms with Gasteiger partial charge in [0.05, 0.1) is 10.6 Å². The summed E-state index contributed by atoms with van der Waals surface area (Å²) in [5, 5.41) is 8.72. The number of fused-ring (bicyclic) bond motifs is 1. The number of hydrogen-bond acceptors (Lipinski definition) is 4. The number of nitrogens with one attached hydrogen (secondary N) is 2. The van der Waals surface area contributed by atoms with E-state index in [9.17, 15) is 8.42 Å². The maximum absolute atomic E-state index is 13.0. The summed E-state index contributed by atoms with van der Waals surface area (Å²) in [6, 6.07) is 26.9. The van der Waals surface area contributed by atoms with Gasteiger partial charge in [0.1, 0.15) is 11.3 Å². The molecular formula is C30H31N3O3S. The lowest BCUT2D eigenvalue weighted by molar-refractivity contribution is 0.581. The van der Waals surface area contributed by atoms with Gasteiger partial charge < -0.3 is 4.42 Å². The molecule has 37 heavy (non-hydrogen) atoms. The van der Waals surface area contributed by atoms with Gasteiger partial charge in [-0.3, -0.25) is 5.10 Å². The number of aryl methyl sites for hydroxylation is 1. The number of furan rings is 1. The number of hydrogen-bond donors (Lipinski definition) is 2. The fraction of sp³-hybridized carbons (Fsp3) is 0.233. The second-order valence-corrected chi connectivity index (χ2v) is 11.0. The van der Waals surface area contributed by atoms with Crippen LogP contribution in [0.3, 0.4) is 0 Å². The van der Waals surface area contributed by atoms with E-state index in [1.54, 1.807) is 12.1 Å². The van der Waals surface area contributed by atoms with E-state index in [1.165, 1.54) is 6.42 Å². The first kappa shape index (κ1) is 25.0. The molecule has 0 atom stereocenters. The Hall–Kier alpha value is -3.68. The Morgan fingerprint density at radius 2 is 1.65 bits per heavy atom. The summed E-state index contributed by atoms with van der Waals surface area (Å²) in [5.74, 6) is 0.674. The van der Waals surface area contributed by atoms with Crippen LogP contribution in [-0.2, 0) is 22.9 Å². The van der Waals surface area contributed by atoms with Crippen molar-refractivity contribution in [1.29, 1.82) is 0 Å². The first-order valence-electron chi connectivity index (χ1n) is 12.8. The molecule has 190 valence electrons. The minimum atomic E-state index is -3.63. The normalized spacial score (nSPS) is 11.8. The molecule has 0 saturated heterocycles. The van der Waals surface area contributed by atoms with Crippen LogP contribution in [0.25, 0.3) is 33.7 Å². The molecule has 0 amide bonds. The Balaban J connectivity index is 1.36. The van der Waals surface area contributed by atoms with Gasteiger partial charge in [0.15, 0.2) is 5.76 Å². The maximum Gasteiger partial charge on any atom is 0.240 e. The van der Waals surface area contributed by atoms with Crippen LogP contribution in [0.15, 0.2) is 94.2 Å². The lowest BCUT2D eigenvalue weighted by Crippen LogP contribution is -2.26. The lowest BCUT2D eigenvalue weighted by atomic mass is 10.0. The van der Waals surface area contributed by atoms with Crippen LogP contribution in [0.2, 0.25) is 0 Å². The van der Waals surface area contributed by atoms with Crippen molar-refractivity contribution in [2.24, 2.45) is 0 Å². The lowest BCUT2D eigenvalue weighted by Gasteiger charge is -2.09. The van der Waals surface area contributed by atoms with Gasteiger partial charge >= 0.3 is 0 Å². The third-order valence-electron chi connectivity index (χ3n) is 6.56. The van der Waals surface area contributed by atoms with E-state index in [1.807, 2.05) is 72.8 Å². The molecule has 0 radical (unpaired) electrons. The summed E-state index contributed by atoms with van der Waals surface area (Å²) in [6.07, 6.45) is 4.87. The summed E-state index contributed by atoms with van der Waals surface area (Å²) in [4.78, 5) is 0.278. The Kier molecular flexibility index (Phi) is 7.53. The van der Waals surface area contributed by atoms with Crippen molar-refractivity contribution in [3.8, 4) is 22.7 Å². The summed E-state index contributed by atoms with van der Waals surface area (Å²) in [7, 11) is -3.63. The van der Waals surface area contributed by atoms with Crippen LogP contribution in [0.4, 0.5) is 0 Å². The van der Waals surface area contributed by atoms with Crippen molar-refractivity contribution in [2.45, 2.75) is 43.9 Å². The topological polar surface area (TPSA) is 88.0 Å². The molecule has 0 aliphatic carbocycles. The van der Waals surface area contributed by atoms with E-state index in [0.29, 0.717) is 12.2 Å². The van der Waals surface area contributed by atoms with Crippen molar-refractivity contribution in [1.82, 2.24) is 14.9 Å². The molecule has 3 aromatic carbocycles. The Morgan fingerprint density at radius 1 is 0.892 bits per heavy atom. The highest BCUT2D eigenvalue weighted by Gasteiger charge is 2.20. The van der Waals surface area contributed by atoms with E-state index in [0.717, 1.165) is 58.3 Å². The van der Waals surface area contributed by atoms with Crippen LogP contribution in [-0.4, -0.2) is 25.2 Å². The van der Waals surface area contributed by atoms with E-state index in [2.05, 4.69) is 21.8 Å². The van der Waals surface area contributed by atoms with Crippen LogP contribution < -0.4 is 4.72 Å². The number of rotatable bonds is 11. The molecule has 0 bridgehead atoms. The van der Waals surface area contributed by atoms with Gasteiger partial charge in [-0.25, -0.2) is 13.1 Å². The fourth-order valence-electron chi connectivity index (χ4n) is 4.56. The van der Waals surface area contributed by atoms with E-state index < -0.39 is 10.0 Å². The molecule has 2 aromatic heterocycles. The number of sulfonamides is 1. The molecule has 5 rings (SSSR count). The largest absolute Gasteiger partial charge is 0.454 e. The quantitative estimate of drug-likeness (QED) is 0.191. The first-order valence-corrected chi connectivity index (χ1v) is 14.2. The van der Waals surface area contributed by atoms with E-state index >= 15 is 0 Å². The molecule has 0 spiro atoms. The second-order valence-electron chi connectivity index (χ2n) is 9.19. The molecule has 5 aromatic rings. The molecule has 0 fully saturated rings. The monoisotopic (exact) mass is 513 g/mol. The minimum Gasteiger partial charge on any atom is -0.454 e. The van der Waals surface area contributed by atoms with Crippen LogP contribution in [0.1, 0.15) is 37.3 Å². The van der Waals surface area contributed by atoms with Gasteiger partial charge in [-0.15, -0.1) is 0 Å². The number of benzene rings is 3. The zero-order valence-corrected chi connectivity index (χ0v) is 21.7. The maximum atomic E-state index is 13.0. The minimum absolute atomic E-state index is 0.229. The van der Waals surface area contributed by atoms with Gasteiger partial charge in [0.2, 0.25) is 10.0 Å². The van der Waals surface area contributed by atoms with Crippen LogP contribution in [0.5, 0.6) is 0 Å². The van der Waals surface area contributed by atoms with Crippen molar-refractivity contribution < 1.29 is 12.8 Å². The highest BCUT2D eigenvalue weighted by atomic mass is 32.2. The van der Waals surface area contributed by atoms with Gasteiger partial charge in [0, 0.05) is 23.1 Å². The summed E-state index contributed by atoms with van der Waals surface area (Å²) in [5.41, 5.74) is 5.35. The highest BCUT2D eigenvalue weighted by molar-refractivity contribution is 7.89. The second kappa shape index (κ2) is 11.2. The smallest absolute Gasteiger partial charge is 0.240 e. The van der Waals surface area contributed by atoms with E-state index in [4.69, 9.17) is 4.42 Å². The molecule has 0 unspecified atom stereocenters. The zero-order chi connectivity index (χ0) is 25.7. The predicted molar refractivity (Wildman–Crippen MR) is 148 cm³/mol. The molecule has 6 nitrogen and oxygen atoms in total. The number of nitrogens with zero attached hydrogens (tertiary/aromatic N) is 1. The van der Waals surface area contributed by atoms with Gasteiger partial charge in [0.25, 0.3) is 0 Å². The van der Waals surface area contributed by atoms with Crippen LogP contribution >= 0.6 is 0 Å². The number of aromatic nitrogens is 2. The van der Waals surface area contributed by atoms with Crippen molar-refractivity contribution >= 4 is 21.0 Å². The third-order valence-corrected chi connectivity index (χ3v) is 8.03. The molecule has 0 saturated carbocycles. The molecule has 0 aliphatic heterocycles. The van der Waals surface area contributed by atoms with E-state index in [-0.39, 0.29) is 11.4 Å². The SMILES string of the molecule is CCCCCc1ccc(S(=O)(=O)NCCc2c(-c3ccccc3)n[nH]c2-c2cc3ccccc3o2)cc1. The summed E-state index contributed by atoms with van der Waals surface area (Å²) in [6.45, 7) is 2.40. The Bertz CT molecular complexity index is 1540. The summed E-state index contributed by atoms with van der Waals surface area (Å²) >= 11 is 0.